The maximum absolute atomic E-state index is 6.50. The molecule has 0 aliphatic carbocycles. The van der Waals surface area contributed by atoms with E-state index in [1.807, 2.05) is 152 Å². The Bertz CT molecular complexity index is 3530. The van der Waals surface area contributed by atoms with Gasteiger partial charge < -0.3 is 13.3 Å². The van der Waals surface area contributed by atoms with Gasteiger partial charge in [-0.2, -0.15) is 0 Å². The molecule has 0 fully saturated rings. The van der Waals surface area contributed by atoms with Crippen LogP contribution in [0.2, 0.25) is 0 Å². The Kier molecular flexibility index (Phi) is 6.76. The number of para-hydroxylation sites is 2. The Labute approximate surface area is 323 Å². The highest BCUT2D eigenvalue weighted by Crippen LogP contribution is 2.41. The Morgan fingerprint density at radius 1 is 0.316 bits per heavy atom. The van der Waals surface area contributed by atoms with Crippen molar-refractivity contribution in [1.82, 2.24) is 24.9 Å². The van der Waals surface area contributed by atoms with E-state index in [0.717, 1.165) is 88.3 Å². The summed E-state index contributed by atoms with van der Waals surface area (Å²) in [5.74, 6) is 2.21. The van der Waals surface area contributed by atoms with Crippen LogP contribution in [0.5, 0.6) is 0 Å². The smallest absolute Gasteiger partial charge is 0.180 e. The van der Waals surface area contributed by atoms with Crippen molar-refractivity contribution in [2.24, 2.45) is 0 Å². The van der Waals surface area contributed by atoms with Crippen LogP contribution in [-0.2, 0) is 0 Å². The van der Waals surface area contributed by atoms with Gasteiger partial charge in [0.1, 0.15) is 39.1 Å². The molecule has 5 aromatic heterocycles. The number of hydrogen-bond acceptors (Lipinski definition) is 8. The minimum absolute atomic E-state index is 0.524. The number of aromatic nitrogens is 5. The average molecular weight is 734 g/mol. The van der Waals surface area contributed by atoms with Crippen molar-refractivity contribution in [3.63, 3.8) is 0 Å². The third-order valence-corrected chi connectivity index (χ3v) is 10.6. The summed E-state index contributed by atoms with van der Waals surface area (Å²) in [7, 11) is 0. The van der Waals surface area contributed by atoms with Crippen LogP contribution in [0.25, 0.3) is 123 Å². The number of nitrogens with zero attached hydrogens (tertiary/aromatic N) is 5. The van der Waals surface area contributed by atoms with E-state index in [1.165, 1.54) is 0 Å². The minimum Gasteiger partial charge on any atom is -0.456 e. The lowest BCUT2D eigenvalue weighted by atomic mass is 10.0. The highest BCUT2D eigenvalue weighted by atomic mass is 16.3. The van der Waals surface area contributed by atoms with Crippen molar-refractivity contribution in [1.29, 1.82) is 0 Å². The second-order valence-electron chi connectivity index (χ2n) is 14.0. The molecule has 266 valence electrons. The third kappa shape index (κ3) is 4.97. The molecule has 8 heteroatoms. The van der Waals surface area contributed by atoms with Crippen molar-refractivity contribution in [2.75, 3.05) is 0 Å². The van der Waals surface area contributed by atoms with Gasteiger partial charge in [-0.25, -0.2) is 24.9 Å². The zero-order valence-corrected chi connectivity index (χ0v) is 30.0. The van der Waals surface area contributed by atoms with Crippen LogP contribution < -0.4 is 0 Å². The molecule has 0 atom stereocenters. The fourth-order valence-electron chi connectivity index (χ4n) is 7.96. The summed E-state index contributed by atoms with van der Waals surface area (Å²) in [4.78, 5) is 25.7. The SMILES string of the molecule is c1ccc(-c2nc(-c3cccc4oc5ccccc5c34)nc(-c3cccc4oc5ccc(-c6nc(-c7ccccc7)c7oc8ccccc8c7n6)cc5c34)n2)cc1. The fraction of sp³-hybridized carbons (Fsp3) is 0. The van der Waals surface area contributed by atoms with Crippen LogP contribution in [0.3, 0.4) is 0 Å². The third-order valence-electron chi connectivity index (χ3n) is 10.6. The average Bonchev–Trinajstić information content (AvgIpc) is 3.97. The molecule has 0 amide bonds. The van der Waals surface area contributed by atoms with Gasteiger partial charge in [0.2, 0.25) is 0 Å². The maximum Gasteiger partial charge on any atom is 0.180 e. The number of fused-ring (bicyclic) bond motifs is 9. The molecule has 12 rings (SSSR count). The van der Waals surface area contributed by atoms with Crippen LogP contribution in [0.15, 0.2) is 177 Å². The summed E-state index contributed by atoms with van der Waals surface area (Å²) in [5.41, 5.74) is 10.3. The monoisotopic (exact) mass is 733 g/mol. The van der Waals surface area contributed by atoms with E-state index in [0.29, 0.717) is 34.5 Å². The number of hydrogen-bond donors (Lipinski definition) is 0. The molecular formula is C49H27N5O3. The number of benzene rings is 7. The summed E-state index contributed by atoms with van der Waals surface area (Å²) in [5, 5.41) is 4.67. The first-order valence-electron chi connectivity index (χ1n) is 18.7. The lowest BCUT2D eigenvalue weighted by molar-refractivity contribution is 0.667. The van der Waals surface area contributed by atoms with Crippen LogP contribution in [0.4, 0.5) is 0 Å². The highest BCUT2D eigenvalue weighted by Gasteiger charge is 2.22. The van der Waals surface area contributed by atoms with E-state index in [4.69, 9.17) is 38.2 Å². The van der Waals surface area contributed by atoms with Gasteiger partial charge in [-0.3, -0.25) is 0 Å². The van der Waals surface area contributed by atoms with Gasteiger partial charge in [0.25, 0.3) is 0 Å². The van der Waals surface area contributed by atoms with Crippen molar-refractivity contribution >= 4 is 65.9 Å². The topological polar surface area (TPSA) is 104 Å². The molecule has 0 N–H and O–H groups in total. The minimum atomic E-state index is 0.524. The van der Waals surface area contributed by atoms with Crippen molar-refractivity contribution in [3.05, 3.63) is 164 Å². The van der Waals surface area contributed by atoms with Crippen LogP contribution in [0, 0.1) is 0 Å². The van der Waals surface area contributed by atoms with Crippen LogP contribution >= 0.6 is 0 Å². The maximum atomic E-state index is 6.50. The largest absolute Gasteiger partial charge is 0.456 e. The summed E-state index contributed by atoms with van der Waals surface area (Å²) >= 11 is 0. The first-order valence-corrected chi connectivity index (χ1v) is 18.7. The van der Waals surface area contributed by atoms with Gasteiger partial charge in [0.05, 0.1) is 0 Å². The Balaban J connectivity index is 1.09. The highest BCUT2D eigenvalue weighted by molar-refractivity contribution is 6.14. The van der Waals surface area contributed by atoms with Crippen molar-refractivity contribution < 1.29 is 13.3 Å². The molecule has 0 aliphatic heterocycles. The molecule has 0 saturated carbocycles. The van der Waals surface area contributed by atoms with E-state index < -0.39 is 0 Å². The molecule has 0 spiro atoms. The predicted molar refractivity (Wildman–Crippen MR) is 224 cm³/mol. The molecule has 0 unspecified atom stereocenters. The normalized spacial score (nSPS) is 11.9. The Hall–Kier alpha value is -7.97. The van der Waals surface area contributed by atoms with Crippen molar-refractivity contribution in [2.45, 2.75) is 0 Å². The molecular weight excluding hydrogens is 707 g/mol. The summed E-state index contributed by atoms with van der Waals surface area (Å²) in [6.07, 6.45) is 0. The van der Waals surface area contributed by atoms with Gasteiger partial charge in [-0.15, -0.1) is 0 Å². The number of rotatable bonds is 5. The summed E-state index contributed by atoms with van der Waals surface area (Å²) < 4.78 is 19.1. The molecule has 12 aromatic rings. The number of furan rings is 3. The first-order chi connectivity index (χ1) is 28.2. The lowest BCUT2D eigenvalue weighted by Gasteiger charge is -2.10. The fourth-order valence-corrected chi connectivity index (χ4v) is 7.96. The molecule has 57 heavy (non-hydrogen) atoms. The van der Waals surface area contributed by atoms with Crippen LogP contribution in [0.1, 0.15) is 0 Å². The van der Waals surface area contributed by atoms with E-state index in [2.05, 4.69) is 12.1 Å². The summed E-state index contributed by atoms with van der Waals surface area (Å²) in [6.45, 7) is 0. The molecule has 8 nitrogen and oxygen atoms in total. The van der Waals surface area contributed by atoms with Gasteiger partial charge >= 0.3 is 0 Å². The lowest BCUT2D eigenvalue weighted by Crippen LogP contribution is -2.00. The Morgan fingerprint density at radius 3 is 1.54 bits per heavy atom. The van der Waals surface area contributed by atoms with E-state index in [-0.39, 0.29) is 0 Å². The molecule has 7 aromatic carbocycles. The van der Waals surface area contributed by atoms with Crippen LogP contribution in [-0.4, -0.2) is 24.9 Å². The predicted octanol–water partition coefficient (Wildman–Crippen LogP) is 12.7. The Morgan fingerprint density at radius 2 is 0.842 bits per heavy atom. The van der Waals surface area contributed by atoms with Gasteiger partial charge in [0.15, 0.2) is 28.9 Å². The molecule has 0 bridgehead atoms. The van der Waals surface area contributed by atoms with Gasteiger partial charge in [0, 0.05) is 54.7 Å². The van der Waals surface area contributed by atoms with E-state index >= 15 is 0 Å². The quantitative estimate of drug-likeness (QED) is 0.172. The molecule has 0 radical (unpaired) electrons. The molecule has 0 saturated heterocycles. The zero-order valence-electron chi connectivity index (χ0n) is 30.0. The van der Waals surface area contributed by atoms with Crippen molar-refractivity contribution in [3.8, 4) is 56.8 Å². The zero-order chi connectivity index (χ0) is 37.5. The van der Waals surface area contributed by atoms with Gasteiger partial charge in [-0.05, 0) is 48.5 Å². The van der Waals surface area contributed by atoms with E-state index in [1.54, 1.807) is 0 Å². The second kappa shape index (κ2) is 12.3. The molecule has 5 heterocycles. The first kappa shape index (κ1) is 31.4. The standard InChI is InChI=1S/C49H27N5O3/c1-3-13-28(14-4-1)43-45-44(32-18-8-10-22-37(32)57-45)51-47(50-43)30-25-26-38-35(27-30)42-34(20-12-24-40(42)56-38)49-53-46(29-15-5-2-6-16-29)52-48(54-49)33-19-11-23-39-41(33)31-17-7-9-21-36(31)55-39/h1-27H. The molecule has 0 aliphatic rings. The summed E-state index contributed by atoms with van der Waals surface area (Å²) in [6, 6.07) is 54.2. The van der Waals surface area contributed by atoms with E-state index in [9.17, 15) is 0 Å². The van der Waals surface area contributed by atoms with Gasteiger partial charge in [-0.1, -0.05) is 115 Å². The second-order valence-corrected chi connectivity index (χ2v) is 14.0.